The molecule has 0 saturated heterocycles. The molecule has 0 unspecified atom stereocenters. The summed E-state index contributed by atoms with van der Waals surface area (Å²) in [6.45, 7) is 1.90. The third-order valence-electron chi connectivity index (χ3n) is 0.667. The normalized spacial score (nSPS) is 8.71. The number of hydrogen-bond donors (Lipinski definition) is 0. The molecule has 1 radical (unpaired) electrons. The van der Waals surface area contributed by atoms with Crippen LogP contribution in [0.25, 0.3) is 0 Å². The average molecular weight is 93.1 g/mol. The van der Waals surface area contributed by atoms with Gasteiger partial charge >= 0.3 is 0 Å². The van der Waals surface area contributed by atoms with Crippen molar-refractivity contribution < 1.29 is 0 Å². The lowest BCUT2D eigenvalue weighted by Crippen LogP contribution is -1.77. The van der Waals surface area contributed by atoms with Crippen molar-refractivity contribution in [3.8, 4) is 0 Å². The summed E-state index contributed by atoms with van der Waals surface area (Å²) in [7, 11) is 0. The van der Waals surface area contributed by atoms with Crippen LogP contribution in [0.1, 0.15) is 5.69 Å². The van der Waals surface area contributed by atoms with Crippen molar-refractivity contribution in [2.75, 3.05) is 0 Å². The Labute approximate surface area is 42.2 Å². The van der Waals surface area contributed by atoms with Crippen LogP contribution in [-0.2, 0) is 0 Å². The zero-order valence-corrected chi connectivity index (χ0v) is 4.05. The standard InChI is InChI=1S/C5H5N2/c1-5-2-3-6-4-7-5/h2,4H,1H3. The Morgan fingerprint density at radius 3 is 2.86 bits per heavy atom. The van der Waals surface area contributed by atoms with Gasteiger partial charge in [-0.25, -0.2) is 9.97 Å². The third kappa shape index (κ3) is 0.961. The Kier molecular flexibility index (Phi) is 1.02. The zero-order valence-electron chi connectivity index (χ0n) is 4.05. The first-order valence-corrected chi connectivity index (χ1v) is 2.04. The number of nitrogens with zero attached hydrogens (tertiary/aromatic N) is 2. The molecule has 0 bridgehead atoms. The Hall–Kier alpha value is -0.920. The van der Waals surface area contributed by atoms with E-state index in [9.17, 15) is 0 Å². The molecule has 0 aliphatic rings. The number of aromatic nitrogens is 2. The van der Waals surface area contributed by atoms with Crippen molar-refractivity contribution in [2.45, 2.75) is 6.92 Å². The maximum Gasteiger partial charge on any atom is 0.116 e. The van der Waals surface area contributed by atoms with Gasteiger partial charge in [0.15, 0.2) is 0 Å². The molecule has 0 aromatic carbocycles. The van der Waals surface area contributed by atoms with Crippen molar-refractivity contribution >= 4 is 0 Å². The Morgan fingerprint density at radius 2 is 2.57 bits per heavy atom. The van der Waals surface area contributed by atoms with Gasteiger partial charge in [0.1, 0.15) is 6.33 Å². The minimum atomic E-state index is 0.954. The second-order valence-electron chi connectivity index (χ2n) is 1.29. The van der Waals surface area contributed by atoms with Crippen LogP contribution in [0.2, 0.25) is 0 Å². The minimum absolute atomic E-state index is 0.954. The second kappa shape index (κ2) is 1.69. The van der Waals surface area contributed by atoms with Gasteiger partial charge in [-0.3, -0.25) is 0 Å². The van der Waals surface area contributed by atoms with E-state index < -0.39 is 0 Å². The van der Waals surface area contributed by atoms with Crippen LogP contribution < -0.4 is 0 Å². The lowest BCUT2D eigenvalue weighted by molar-refractivity contribution is 1.09. The van der Waals surface area contributed by atoms with Crippen LogP contribution in [0.15, 0.2) is 12.4 Å². The summed E-state index contributed by atoms with van der Waals surface area (Å²) in [5.41, 5.74) is 0.954. The van der Waals surface area contributed by atoms with Crippen LogP contribution in [0.3, 0.4) is 0 Å². The van der Waals surface area contributed by atoms with Crippen molar-refractivity contribution in [1.82, 2.24) is 9.97 Å². The van der Waals surface area contributed by atoms with Gasteiger partial charge in [0, 0.05) is 5.69 Å². The molecule has 0 amide bonds. The molecule has 0 fully saturated rings. The van der Waals surface area contributed by atoms with Crippen molar-refractivity contribution in [3.05, 3.63) is 24.3 Å². The molecule has 1 aromatic rings. The predicted molar refractivity (Wildman–Crippen MR) is 25.6 cm³/mol. The summed E-state index contributed by atoms with van der Waals surface area (Å²) in [5, 5.41) is 0. The predicted octanol–water partition coefficient (Wildman–Crippen LogP) is 0.585. The highest BCUT2D eigenvalue weighted by molar-refractivity contribution is 4.91. The van der Waals surface area contributed by atoms with Gasteiger partial charge in [-0.15, -0.1) is 0 Å². The largest absolute Gasteiger partial charge is 0.242 e. The molecule has 0 aliphatic heterocycles. The Balaban J connectivity index is 3.02. The second-order valence-corrected chi connectivity index (χ2v) is 1.29. The van der Waals surface area contributed by atoms with Gasteiger partial charge in [0.2, 0.25) is 0 Å². The van der Waals surface area contributed by atoms with Gasteiger partial charge in [0.25, 0.3) is 0 Å². The number of rotatable bonds is 0. The minimum Gasteiger partial charge on any atom is -0.242 e. The number of aryl methyl sites for hydroxylation is 1. The molecule has 2 heteroatoms. The lowest BCUT2D eigenvalue weighted by atomic mass is 10.5. The molecule has 2 nitrogen and oxygen atoms in total. The molecule has 7 heavy (non-hydrogen) atoms. The van der Waals surface area contributed by atoms with E-state index in [-0.39, 0.29) is 0 Å². The topological polar surface area (TPSA) is 25.8 Å². The van der Waals surface area contributed by atoms with Gasteiger partial charge < -0.3 is 0 Å². The maximum atomic E-state index is 3.84. The van der Waals surface area contributed by atoms with Gasteiger partial charge in [0.05, 0.1) is 6.20 Å². The molecular formula is C5H5N2. The highest BCUT2D eigenvalue weighted by atomic mass is 14.8. The lowest BCUT2D eigenvalue weighted by Gasteiger charge is -1.80. The molecule has 0 spiro atoms. The van der Waals surface area contributed by atoms with E-state index in [0.29, 0.717) is 0 Å². The quantitative estimate of drug-likeness (QED) is 0.469. The molecule has 0 aliphatic carbocycles. The van der Waals surface area contributed by atoms with E-state index in [2.05, 4.69) is 16.2 Å². The summed E-state index contributed by atoms with van der Waals surface area (Å²) in [6, 6.07) is 1.74. The zero-order chi connectivity index (χ0) is 5.11. The third-order valence-corrected chi connectivity index (χ3v) is 0.667. The van der Waals surface area contributed by atoms with E-state index in [4.69, 9.17) is 0 Å². The number of hydrogen-bond acceptors (Lipinski definition) is 2. The van der Waals surface area contributed by atoms with E-state index in [1.165, 1.54) is 6.33 Å². The van der Waals surface area contributed by atoms with Crippen LogP contribution >= 0.6 is 0 Å². The molecule has 35 valence electrons. The smallest absolute Gasteiger partial charge is 0.116 e. The first-order chi connectivity index (χ1) is 3.39. The fourth-order valence-electron chi connectivity index (χ4n) is 0.321. The van der Waals surface area contributed by atoms with E-state index >= 15 is 0 Å². The Bertz CT molecular complexity index is 136. The van der Waals surface area contributed by atoms with E-state index in [1.54, 1.807) is 6.07 Å². The highest BCUT2D eigenvalue weighted by Gasteiger charge is 1.75. The molecular weight excluding hydrogens is 88.1 g/mol. The fourth-order valence-corrected chi connectivity index (χ4v) is 0.321. The molecule has 0 saturated carbocycles. The maximum absolute atomic E-state index is 3.84. The summed E-state index contributed by atoms with van der Waals surface area (Å²) in [6.07, 6.45) is 4.13. The van der Waals surface area contributed by atoms with Crippen LogP contribution in [0, 0.1) is 13.1 Å². The van der Waals surface area contributed by atoms with E-state index in [0.717, 1.165) is 5.69 Å². The average Bonchev–Trinajstić information content (AvgIpc) is 1.69. The molecule has 0 N–H and O–H groups in total. The highest BCUT2D eigenvalue weighted by Crippen LogP contribution is 1.81. The van der Waals surface area contributed by atoms with Crippen molar-refractivity contribution in [3.63, 3.8) is 0 Å². The van der Waals surface area contributed by atoms with Crippen molar-refractivity contribution in [2.24, 2.45) is 0 Å². The van der Waals surface area contributed by atoms with Gasteiger partial charge in [-0.05, 0) is 13.0 Å². The molecule has 1 heterocycles. The first-order valence-electron chi connectivity index (χ1n) is 2.04. The summed E-state index contributed by atoms with van der Waals surface area (Å²) in [4.78, 5) is 7.45. The van der Waals surface area contributed by atoms with E-state index in [1.807, 2.05) is 6.92 Å². The summed E-state index contributed by atoms with van der Waals surface area (Å²) in [5.74, 6) is 0. The summed E-state index contributed by atoms with van der Waals surface area (Å²) >= 11 is 0. The summed E-state index contributed by atoms with van der Waals surface area (Å²) < 4.78 is 0. The van der Waals surface area contributed by atoms with Gasteiger partial charge in [-0.2, -0.15) is 0 Å². The van der Waals surface area contributed by atoms with Crippen LogP contribution in [0.5, 0.6) is 0 Å². The molecule has 1 rings (SSSR count). The van der Waals surface area contributed by atoms with Crippen LogP contribution in [-0.4, -0.2) is 9.97 Å². The first kappa shape index (κ1) is 4.24. The Morgan fingerprint density at radius 1 is 1.71 bits per heavy atom. The SMILES string of the molecule is Cc1c[c]ncn1. The van der Waals surface area contributed by atoms with Crippen molar-refractivity contribution in [1.29, 1.82) is 0 Å². The van der Waals surface area contributed by atoms with Gasteiger partial charge in [-0.1, -0.05) is 0 Å². The monoisotopic (exact) mass is 93.0 g/mol. The fraction of sp³-hybridized carbons (Fsp3) is 0.200. The molecule has 1 aromatic heterocycles. The molecule has 0 atom stereocenters. The van der Waals surface area contributed by atoms with Crippen LogP contribution in [0.4, 0.5) is 0 Å².